The van der Waals surface area contributed by atoms with Crippen LogP contribution in [0, 0.1) is 0 Å². The van der Waals surface area contributed by atoms with E-state index in [-0.39, 0.29) is 22.9 Å². The summed E-state index contributed by atoms with van der Waals surface area (Å²) in [5.41, 5.74) is 1.80. The van der Waals surface area contributed by atoms with Crippen LogP contribution in [0.4, 0.5) is 0 Å². The Kier molecular flexibility index (Phi) is 5.82. The number of amides is 1. The molecule has 0 spiro atoms. The monoisotopic (exact) mass is 488 g/mol. The Hall–Kier alpha value is -3.67. The first-order valence-electron chi connectivity index (χ1n) is 10.6. The van der Waals surface area contributed by atoms with Crippen molar-refractivity contribution < 1.29 is 14.7 Å². The van der Waals surface area contributed by atoms with Gasteiger partial charge in [-0.2, -0.15) is 0 Å². The van der Waals surface area contributed by atoms with E-state index in [1.54, 1.807) is 48.8 Å². The van der Waals surface area contributed by atoms with E-state index >= 15 is 0 Å². The molecule has 168 valence electrons. The van der Waals surface area contributed by atoms with E-state index in [0.29, 0.717) is 16.1 Å². The fraction of sp³-hybridized carbons (Fsp3) is 0.0741. The number of aliphatic hydroxyl groups is 1. The van der Waals surface area contributed by atoms with Crippen LogP contribution in [0.2, 0.25) is 10.0 Å². The highest BCUT2D eigenvalue weighted by Crippen LogP contribution is 2.42. The molecule has 0 bridgehead atoms. The smallest absolute Gasteiger partial charge is 0.295 e. The third kappa shape index (κ3) is 3.83. The van der Waals surface area contributed by atoms with E-state index < -0.39 is 17.7 Å². The number of ketones is 1. The van der Waals surface area contributed by atoms with Gasteiger partial charge in [0.05, 0.1) is 21.7 Å². The van der Waals surface area contributed by atoms with Crippen LogP contribution in [0.3, 0.4) is 0 Å². The molecule has 1 saturated heterocycles. The molecule has 2 heterocycles. The Balaban J connectivity index is 1.73. The molecule has 1 atom stereocenters. The van der Waals surface area contributed by atoms with Crippen molar-refractivity contribution in [1.82, 2.24) is 9.88 Å². The van der Waals surface area contributed by atoms with Gasteiger partial charge in [-0.25, -0.2) is 0 Å². The second-order valence-electron chi connectivity index (χ2n) is 7.99. The molecule has 3 aromatic carbocycles. The van der Waals surface area contributed by atoms with Gasteiger partial charge in [-0.1, -0.05) is 77.8 Å². The summed E-state index contributed by atoms with van der Waals surface area (Å²) in [6.45, 7) is 0.135. The van der Waals surface area contributed by atoms with Gasteiger partial charge in [0.15, 0.2) is 0 Å². The molecule has 7 heteroatoms. The number of halogens is 2. The lowest BCUT2D eigenvalue weighted by atomic mass is 9.93. The third-order valence-corrected chi connectivity index (χ3v) is 6.66. The summed E-state index contributed by atoms with van der Waals surface area (Å²) in [5, 5.41) is 13.8. The van der Waals surface area contributed by atoms with Crippen molar-refractivity contribution in [2.24, 2.45) is 0 Å². The van der Waals surface area contributed by atoms with Crippen LogP contribution in [0.5, 0.6) is 0 Å². The molecule has 5 rings (SSSR count). The lowest BCUT2D eigenvalue weighted by Crippen LogP contribution is -2.29. The zero-order valence-corrected chi connectivity index (χ0v) is 19.3. The van der Waals surface area contributed by atoms with Crippen molar-refractivity contribution in [2.45, 2.75) is 12.6 Å². The Morgan fingerprint density at radius 3 is 2.50 bits per heavy atom. The number of aromatic nitrogens is 1. The van der Waals surface area contributed by atoms with Crippen LogP contribution >= 0.6 is 23.2 Å². The zero-order chi connectivity index (χ0) is 23.8. The number of nitrogens with zero attached hydrogens (tertiary/aromatic N) is 2. The number of aliphatic hydroxyl groups excluding tert-OH is 1. The Bertz CT molecular complexity index is 1460. The molecule has 1 fully saturated rings. The zero-order valence-electron chi connectivity index (χ0n) is 17.8. The highest BCUT2D eigenvalue weighted by atomic mass is 35.5. The molecule has 5 nitrogen and oxygen atoms in total. The Morgan fingerprint density at radius 1 is 0.941 bits per heavy atom. The summed E-state index contributed by atoms with van der Waals surface area (Å²) >= 11 is 12.4. The van der Waals surface area contributed by atoms with E-state index in [1.807, 2.05) is 36.4 Å². The predicted octanol–water partition coefficient (Wildman–Crippen LogP) is 6.16. The lowest BCUT2D eigenvalue weighted by molar-refractivity contribution is -0.140. The number of pyridine rings is 1. The molecular weight excluding hydrogens is 471 g/mol. The van der Waals surface area contributed by atoms with Crippen LogP contribution in [-0.4, -0.2) is 26.7 Å². The molecule has 1 amide bonds. The van der Waals surface area contributed by atoms with Gasteiger partial charge >= 0.3 is 0 Å². The maximum atomic E-state index is 13.3. The maximum Gasteiger partial charge on any atom is 0.295 e. The second kappa shape index (κ2) is 8.93. The Labute approximate surface area is 205 Å². The van der Waals surface area contributed by atoms with Crippen LogP contribution in [0.15, 0.2) is 90.8 Å². The molecule has 4 aromatic rings. The van der Waals surface area contributed by atoms with Gasteiger partial charge in [-0.15, -0.1) is 0 Å². The van der Waals surface area contributed by atoms with Crippen molar-refractivity contribution in [3.8, 4) is 0 Å². The van der Waals surface area contributed by atoms with Crippen molar-refractivity contribution >= 4 is 51.4 Å². The largest absolute Gasteiger partial charge is 0.507 e. The van der Waals surface area contributed by atoms with Gasteiger partial charge in [0.2, 0.25) is 0 Å². The van der Waals surface area contributed by atoms with Crippen molar-refractivity contribution in [3.05, 3.63) is 117 Å². The van der Waals surface area contributed by atoms with E-state index in [4.69, 9.17) is 23.2 Å². The molecular formula is C27H18Cl2N2O3. The Morgan fingerprint density at radius 2 is 1.74 bits per heavy atom. The van der Waals surface area contributed by atoms with Gasteiger partial charge in [0.25, 0.3) is 11.7 Å². The van der Waals surface area contributed by atoms with Crippen molar-refractivity contribution in [1.29, 1.82) is 0 Å². The molecule has 1 N–H and O–H groups in total. The molecule has 1 aliphatic heterocycles. The number of rotatable bonds is 4. The number of benzene rings is 3. The topological polar surface area (TPSA) is 70.5 Å². The molecule has 1 aromatic heterocycles. The number of likely N-dealkylation sites (tertiary alicyclic amines) is 1. The van der Waals surface area contributed by atoms with Crippen molar-refractivity contribution in [2.75, 3.05) is 0 Å². The average Bonchev–Trinajstić information content (AvgIpc) is 3.10. The molecule has 0 aliphatic carbocycles. The van der Waals surface area contributed by atoms with Crippen LogP contribution in [0.1, 0.15) is 22.7 Å². The molecule has 0 saturated carbocycles. The summed E-state index contributed by atoms with van der Waals surface area (Å²) in [4.78, 5) is 32.0. The van der Waals surface area contributed by atoms with Gasteiger partial charge in [0, 0.05) is 24.5 Å². The van der Waals surface area contributed by atoms with Gasteiger partial charge < -0.3 is 10.0 Å². The lowest BCUT2D eigenvalue weighted by Gasteiger charge is -2.25. The summed E-state index contributed by atoms with van der Waals surface area (Å²) in [5.74, 6) is -1.70. The SMILES string of the molecule is O=C1C(=O)N(Cc2cccnc2)C(c2ccc(Cl)c(Cl)c2)/C1=C(/O)c1cccc2ccccc12. The highest BCUT2D eigenvalue weighted by Gasteiger charge is 2.46. The van der Waals surface area contributed by atoms with Gasteiger partial charge in [-0.3, -0.25) is 14.6 Å². The number of carbonyl (C=O) groups is 2. The third-order valence-electron chi connectivity index (χ3n) is 5.92. The molecule has 1 aliphatic rings. The molecule has 0 radical (unpaired) electrons. The summed E-state index contributed by atoms with van der Waals surface area (Å²) < 4.78 is 0. The first-order valence-corrected chi connectivity index (χ1v) is 11.3. The van der Waals surface area contributed by atoms with E-state index in [2.05, 4.69) is 4.98 Å². The number of Topliss-reactive ketones (excluding diaryl/α,β-unsaturated/α-hetero) is 1. The van der Waals surface area contributed by atoms with Crippen LogP contribution in [0.25, 0.3) is 16.5 Å². The first kappa shape index (κ1) is 22.1. The minimum atomic E-state index is -0.853. The molecule has 34 heavy (non-hydrogen) atoms. The first-order chi connectivity index (χ1) is 16.5. The van der Waals surface area contributed by atoms with Crippen LogP contribution in [-0.2, 0) is 16.1 Å². The number of hydrogen-bond acceptors (Lipinski definition) is 4. The highest BCUT2D eigenvalue weighted by molar-refractivity contribution is 6.47. The molecule has 1 unspecified atom stereocenters. The maximum absolute atomic E-state index is 13.3. The summed E-state index contributed by atoms with van der Waals surface area (Å²) in [6, 6.07) is 20.7. The fourth-order valence-corrected chi connectivity index (χ4v) is 4.64. The standard InChI is InChI=1S/C27H18Cl2N2O3/c28-21-11-10-18(13-22(21)29)24-23(25(32)20-9-3-7-17-6-1-2-8-19(17)20)26(33)27(34)31(24)15-16-5-4-12-30-14-16/h1-14,24,32H,15H2/b25-23-. The minimum absolute atomic E-state index is 0.00336. The van der Waals surface area contributed by atoms with Gasteiger partial charge in [0.1, 0.15) is 5.76 Å². The average molecular weight is 489 g/mol. The number of carbonyl (C=O) groups excluding carboxylic acids is 2. The minimum Gasteiger partial charge on any atom is -0.507 e. The normalized spacial score (nSPS) is 17.5. The predicted molar refractivity (Wildman–Crippen MR) is 132 cm³/mol. The number of hydrogen-bond donors (Lipinski definition) is 1. The second-order valence-corrected chi connectivity index (χ2v) is 8.80. The van der Waals surface area contributed by atoms with E-state index in [0.717, 1.165) is 16.3 Å². The summed E-state index contributed by atoms with van der Waals surface area (Å²) in [7, 11) is 0. The van der Waals surface area contributed by atoms with Crippen molar-refractivity contribution in [3.63, 3.8) is 0 Å². The number of fused-ring (bicyclic) bond motifs is 1. The summed E-state index contributed by atoms with van der Waals surface area (Å²) in [6.07, 6.45) is 3.27. The quantitative estimate of drug-likeness (QED) is 0.212. The van der Waals surface area contributed by atoms with Crippen LogP contribution < -0.4 is 0 Å². The van der Waals surface area contributed by atoms with Gasteiger partial charge in [-0.05, 0) is 40.1 Å². The van der Waals surface area contributed by atoms with E-state index in [1.165, 1.54) is 4.90 Å². The fourth-order valence-electron chi connectivity index (χ4n) is 4.34. The van der Waals surface area contributed by atoms with E-state index in [9.17, 15) is 14.7 Å².